The lowest BCUT2D eigenvalue weighted by atomic mass is 9.71. The van der Waals surface area contributed by atoms with E-state index in [2.05, 4.69) is 31.8 Å². The molecule has 5 N–H and O–H groups in total. The Hall–Kier alpha value is -5.96. The number of amides is 3. The minimum Gasteiger partial charge on any atom is -0.507 e. The zero-order chi connectivity index (χ0) is 45.0. The van der Waals surface area contributed by atoms with Gasteiger partial charge in [-0.25, -0.2) is 4.79 Å². The molecule has 0 radical (unpaired) electrons. The summed E-state index contributed by atoms with van der Waals surface area (Å²) in [5.41, 5.74) is 4.67. The number of aryl methyl sites for hydroxylation is 1. The first kappa shape index (κ1) is 43.7. The van der Waals surface area contributed by atoms with Crippen molar-refractivity contribution in [1.29, 1.82) is 5.26 Å². The van der Waals surface area contributed by atoms with Gasteiger partial charge in [-0.1, -0.05) is 50.2 Å². The molecule has 0 aromatic heterocycles. The number of hydrogen-bond donors (Lipinski definition) is 5. The van der Waals surface area contributed by atoms with Crippen molar-refractivity contribution in [3.8, 4) is 34.8 Å². The van der Waals surface area contributed by atoms with Crippen LogP contribution in [0.5, 0.6) is 28.7 Å². The van der Waals surface area contributed by atoms with Crippen LogP contribution in [0.2, 0.25) is 0 Å². The maximum Gasteiger partial charge on any atom is 0.329 e. The molecule has 6 aliphatic heterocycles. The van der Waals surface area contributed by atoms with Gasteiger partial charge in [-0.2, -0.15) is 5.26 Å². The van der Waals surface area contributed by atoms with Gasteiger partial charge in [0.2, 0.25) is 24.5 Å². The molecule has 9 atom stereocenters. The summed E-state index contributed by atoms with van der Waals surface area (Å²) in [5, 5.41) is 42.7. The Kier molecular flexibility index (Phi) is 12.0. The van der Waals surface area contributed by atoms with Crippen molar-refractivity contribution in [3.63, 3.8) is 0 Å². The lowest BCUT2D eigenvalue weighted by Gasteiger charge is -2.61. The second-order valence-corrected chi connectivity index (χ2v) is 18.2. The molecule has 16 nitrogen and oxygen atoms in total. The summed E-state index contributed by atoms with van der Waals surface area (Å²) >= 11 is 1.31. The van der Waals surface area contributed by atoms with Crippen molar-refractivity contribution in [2.75, 3.05) is 33.3 Å². The second-order valence-electron chi connectivity index (χ2n) is 17.1. The van der Waals surface area contributed by atoms with Gasteiger partial charge in [-0.3, -0.25) is 24.2 Å². The quantitative estimate of drug-likeness (QED) is 0.153. The van der Waals surface area contributed by atoms with Gasteiger partial charge in [-0.15, -0.1) is 11.8 Å². The number of methoxy groups -OCH3 is 1. The smallest absolute Gasteiger partial charge is 0.329 e. The largest absolute Gasteiger partial charge is 0.507 e. The van der Waals surface area contributed by atoms with Crippen LogP contribution >= 0.6 is 11.8 Å². The number of piperazine rings is 1. The Morgan fingerprint density at radius 1 is 1.00 bits per heavy atom. The van der Waals surface area contributed by atoms with E-state index in [-0.39, 0.29) is 36.7 Å². The van der Waals surface area contributed by atoms with Crippen molar-refractivity contribution in [1.82, 2.24) is 25.8 Å². The minimum atomic E-state index is -1.20. The average molecular weight is 881 g/mol. The first-order valence-electron chi connectivity index (χ1n) is 21.0. The van der Waals surface area contributed by atoms with E-state index in [9.17, 15) is 34.7 Å². The molecule has 6 aliphatic rings. The number of nitrogens with zero attached hydrogens (tertiary/aromatic N) is 3. The molecule has 17 heteroatoms. The fourth-order valence-electron chi connectivity index (χ4n) is 9.95. The maximum absolute atomic E-state index is 14.2. The van der Waals surface area contributed by atoms with Gasteiger partial charge in [0, 0.05) is 46.2 Å². The number of carbonyl (C=O) groups excluding carboxylic acids is 4. The third-order valence-corrected chi connectivity index (χ3v) is 14.4. The van der Waals surface area contributed by atoms with Gasteiger partial charge in [0.25, 0.3) is 0 Å². The number of carbonyl (C=O) groups is 4. The number of benzene rings is 3. The fraction of sp³-hybridized carbons (Fsp3) is 0.457. The summed E-state index contributed by atoms with van der Waals surface area (Å²) in [6, 6.07) is 7.50. The zero-order valence-corrected chi connectivity index (χ0v) is 36.9. The number of esters is 1. The molecule has 0 aliphatic carbocycles. The number of nitrogens with one attached hydrogen (secondary N) is 3. The van der Waals surface area contributed by atoms with Crippen LogP contribution in [0.25, 0.3) is 6.08 Å². The van der Waals surface area contributed by atoms with Gasteiger partial charge in [0.15, 0.2) is 23.0 Å². The van der Waals surface area contributed by atoms with E-state index in [1.807, 2.05) is 50.4 Å². The monoisotopic (exact) mass is 880 g/mol. The first-order valence-corrected chi connectivity index (χ1v) is 22.1. The summed E-state index contributed by atoms with van der Waals surface area (Å²) < 4.78 is 23.8. The number of fused-ring (bicyclic) bond motifs is 10. The Bertz CT molecular complexity index is 2420. The molecule has 6 heterocycles. The molecule has 3 aromatic carbocycles. The molecular weight excluding hydrogens is 829 g/mol. The Balaban J connectivity index is 1.12. The molecule has 4 bridgehead atoms. The van der Waals surface area contributed by atoms with E-state index >= 15 is 0 Å². The first-order chi connectivity index (χ1) is 30.2. The maximum atomic E-state index is 14.2. The minimum absolute atomic E-state index is 0.00156. The zero-order valence-electron chi connectivity index (χ0n) is 36.1. The Morgan fingerprint density at radius 2 is 1.73 bits per heavy atom. The lowest BCUT2D eigenvalue weighted by molar-refractivity contribution is -0.153. The third-order valence-electron chi connectivity index (χ3n) is 13.0. The number of phenols is 2. The fourth-order valence-corrected chi connectivity index (χ4v) is 11.5. The van der Waals surface area contributed by atoms with Gasteiger partial charge < -0.3 is 45.1 Å². The summed E-state index contributed by atoms with van der Waals surface area (Å²) in [6.45, 7) is 8.26. The number of ether oxygens (including phenoxy) is 4. The molecule has 9 rings (SSSR count). The van der Waals surface area contributed by atoms with Crippen LogP contribution < -0.4 is 30.2 Å². The highest BCUT2D eigenvalue weighted by Crippen LogP contribution is 2.63. The van der Waals surface area contributed by atoms with Crippen LogP contribution in [0.4, 0.5) is 0 Å². The molecule has 2 saturated heterocycles. The van der Waals surface area contributed by atoms with Crippen molar-refractivity contribution in [3.05, 3.63) is 81.4 Å². The summed E-state index contributed by atoms with van der Waals surface area (Å²) in [5.74, 6) is -1.81. The van der Waals surface area contributed by atoms with Crippen molar-refractivity contribution >= 4 is 41.5 Å². The molecule has 0 saturated carbocycles. The number of phenolic OH excluding ortho intramolecular Hbond substituents is 2. The van der Waals surface area contributed by atoms with Crippen LogP contribution in [-0.2, 0) is 30.3 Å². The highest BCUT2D eigenvalue weighted by molar-refractivity contribution is 7.99. The standard InChI is InChI=1S/C46H52N6O10S/c1-21(2)35(50-44(56)24(5)48-31(53)14-13-25-11-9-8-10-12-25)45(57)49-27-19-63-43-34-33(42-41(61-20-62-42)23(4)38(34)54)30(18-60-46(27)58)52-29(17-47)28-16-26-15-22(3)40(59-7)39(55)32(26)36(37(43)52)51(28)6/h8-15,21,24,27-30,35-37,43,54-55H,16,18-20H2,1-7H3,(H,48,53)(H,49,57)(H,50,56)/b14-13+/t24?,27-,28-,29-,30-,35?,36-,37?,43+/m0/s1. The molecule has 0 spiro atoms. The third kappa shape index (κ3) is 7.57. The predicted molar refractivity (Wildman–Crippen MR) is 232 cm³/mol. The molecule has 3 unspecified atom stereocenters. The second kappa shape index (κ2) is 17.3. The summed E-state index contributed by atoms with van der Waals surface area (Å²) in [7, 11) is 3.44. The van der Waals surface area contributed by atoms with Crippen LogP contribution in [0.1, 0.15) is 77.0 Å². The van der Waals surface area contributed by atoms with Gasteiger partial charge in [0.1, 0.15) is 36.5 Å². The van der Waals surface area contributed by atoms with Crippen molar-refractivity contribution in [2.45, 2.75) is 94.6 Å². The molecule has 63 heavy (non-hydrogen) atoms. The van der Waals surface area contributed by atoms with E-state index in [1.54, 1.807) is 26.8 Å². The number of thioether (sulfide) groups is 1. The number of hydrogen-bond acceptors (Lipinski definition) is 14. The molecular formula is C46H52N6O10S. The lowest BCUT2D eigenvalue weighted by Crippen LogP contribution is -2.69. The van der Waals surface area contributed by atoms with Crippen LogP contribution in [0, 0.1) is 31.1 Å². The van der Waals surface area contributed by atoms with E-state index in [1.165, 1.54) is 31.9 Å². The number of nitriles is 1. The predicted octanol–water partition coefficient (Wildman–Crippen LogP) is 3.86. The highest BCUT2D eigenvalue weighted by atomic mass is 32.2. The van der Waals surface area contributed by atoms with E-state index in [0.29, 0.717) is 45.9 Å². The van der Waals surface area contributed by atoms with E-state index in [0.717, 1.165) is 16.7 Å². The molecule has 2 fully saturated rings. The van der Waals surface area contributed by atoms with Crippen LogP contribution in [0.3, 0.4) is 0 Å². The Morgan fingerprint density at radius 3 is 2.43 bits per heavy atom. The van der Waals surface area contributed by atoms with Gasteiger partial charge in [0.05, 0.1) is 30.5 Å². The Labute approximate surface area is 369 Å². The van der Waals surface area contributed by atoms with Crippen molar-refractivity contribution in [2.24, 2.45) is 5.92 Å². The van der Waals surface area contributed by atoms with Gasteiger partial charge in [-0.05, 0) is 62.9 Å². The van der Waals surface area contributed by atoms with Crippen LogP contribution in [-0.4, -0.2) is 113 Å². The summed E-state index contributed by atoms with van der Waals surface area (Å²) in [4.78, 5) is 58.5. The number of likely N-dealkylation sites (N-methyl/N-ethyl adjacent to an activating group) is 1. The highest BCUT2D eigenvalue weighted by Gasteiger charge is 2.60. The number of aromatic hydroxyl groups is 2. The van der Waals surface area contributed by atoms with Crippen LogP contribution in [0.15, 0.2) is 42.5 Å². The average Bonchev–Trinajstić information content (AvgIpc) is 3.75. The van der Waals surface area contributed by atoms with E-state index in [4.69, 9.17) is 18.9 Å². The molecule has 3 amide bonds. The van der Waals surface area contributed by atoms with Crippen molar-refractivity contribution < 1.29 is 48.3 Å². The SMILES string of the molecule is COc1c(C)cc2c(c1O)[C@H]1C3[C@@H]4SC[C@H](NC(=O)C(NC(=O)C(C)NC(=O)/C=C/c5ccccc5)C(C)C)C(=O)OC[C@@H](c5c6c(c(C)c(O)c54)OCO6)N3[C@@H](C#N)[C@H](C2)N1C. The molecule has 332 valence electrons. The van der Waals surface area contributed by atoms with E-state index < -0.39 is 77.2 Å². The topological polar surface area (TPSA) is 212 Å². The summed E-state index contributed by atoms with van der Waals surface area (Å²) in [6.07, 6.45) is 3.40. The number of rotatable bonds is 9. The molecule has 3 aromatic rings. The van der Waals surface area contributed by atoms with Gasteiger partial charge >= 0.3 is 5.97 Å². The normalized spacial score (nSPS) is 25.8.